The molecule has 0 radical (unpaired) electrons. The number of benzene rings is 2. The molecule has 0 saturated heterocycles. The van der Waals surface area contributed by atoms with Gasteiger partial charge in [0.25, 0.3) is 11.5 Å². The molecule has 0 bridgehead atoms. The van der Waals surface area contributed by atoms with Crippen LogP contribution in [0.4, 0.5) is 5.69 Å². The second-order valence-electron chi connectivity index (χ2n) is 6.30. The number of halogens is 1. The first kappa shape index (κ1) is 19.6. The van der Waals surface area contributed by atoms with Crippen molar-refractivity contribution >= 4 is 39.9 Å². The summed E-state index contributed by atoms with van der Waals surface area (Å²) in [6, 6.07) is 12.0. The smallest absolute Gasteiger partial charge is 0.312 e. The topological polar surface area (TPSA) is 101 Å². The van der Waals surface area contributed by atoms with Gasteiger partial charge in [0, 0.05) is 16.1 Å². The molecule has 2 aromatic carbocycles. The average molecular weight is 400 g/mol. The summed E-state index contributed by atoms with van der Waals surface area (Å²) in [7, 11) is 0. The maximum atomic E-state index is 12.3. The lowest BCUT2D eigenvalue weighted by Crippen LogP contribution is -2.31. The van der Waals surface area contributed by atoms with Crippen LogP contribution in [0.2, 0.25) is 5.02 Å². The lowest BCUT2D eigenvalue weighted by molar-refractivity contribution is -0.152. The monoisotopic (exact) mass is 399 g/mol. The van der Waals surface area contributed by atoms with Crippen molar-refractivity contribution in [2.75, 3.05) is 5.32 Å². The van der Waals surface area contributed by atoms with Crippen molar-refractivity contribution in [1.82, 2.24) is 10.2 Å². The van der Waals surface area contributed by atoms with Crippen LogP contribution < -0.4 is 10.9 Å². The van der Waals surface area contributed by atoms with E-state index < -0.39 is 18.0 Å². The van der Waals surface area contributed by atoms with Crippen molar-refractivity contribution in [3.63, 3.8) is 0 Å². The minimum absolute atomic E-state index is 0.175. The largest absolute Gasteiger partial charge is 0.452 e. The third-order valence-electron chi connectivity index (χ3n) is 4.22. The molecule has 0 spiro atoms. The van der Waals surface area contributed by atoms with E-state index in [1.165, 1.54) is 6.92 Å². The summed E-state index contributed by atoms with van der Waals surface area (Å²) in [6.07, 6.45) is -1.19. The van der Waals surface area contributed by atoms with Crippen LogP contribution in [0.5, 0.6) is 0 Å². The van der Waals surface area contributed by atoms with E-state index in [9.17, 15) is 14.4 Å². The predicted octanol–water partition coefficient (Wildman–Crippen LogP) is 3.00. The molecule has 28 heavy (non-hydrogen) atoms. The summed E-state index contributed by atoms with van der Waals surface area (Å²) < 4.78 is 5.22. The molecule has 3 rings (SSSR count). The third-order valence-corrected chi connectivity index (χ3v) is 4.46. The number of anilines is 1. The van der Waals surface area contributed by atoms with E-state index in [-0.39, 0.29) is 12.0 Å². The minimum atomic E-state index is -1.01. The molecule has 0 aliphatic rings. The van der Waals surface area contributed by atoms with Gasteiger partial charge >= 0.3 is 5.97 Å². The summed E-state index contributed by atoms with van der Waals surface area (Å²) in [5.74, 6) is -1.10. The van der Waals surface area contributed by atoms with Crippen LogP contribution in [0, 0.1) is 6.92 Å². The Morgan fingerprint density at radius 3 is 2.68 bits per heavy atom. The van der Waals surface area contributed by atoms with Crippen molar-refractivity contribution in [2.24, 2.45) is 0 Å². The summed E-state index contributed by atoms with van der Waals surface area (Å²) >= 11 is 5.94. The maximum absolute atomic E-state index is 12.3. The number of fused-ring (bicyclic) bond motifs is 1. The van der Waals surface area contributed by atoms with Gasteiger partial charge in [-0.15, -0.1) is 0 Å². The quantitative estimate of drug-likeness (QED) is 0.642. The normalized spacial score (nSPS) is 11.8. The van der Waals surface area contributed by atoms with Crippen molar-refractivity contribution in [1.29, 1.82) is 0 Å². The van der Waals surface area contributed by atoms with Crippen LogP contribution in [0.25, 0.3) is 10.8 Å². The summed E-state index contributed by atoms with van der Waals surface area (Å²) in [4.78, 5) is 36.4. The molecule has 7 nitrogen and oxygen atoms in total. The Bertz CT molecular complexity index is 1110. The third kappa shape index (κ3) is 4.37. The number of nitrogens with one attached hydrogen (secondary N) is 2. The van der Waals surface area contributed by atoms with Crippen LogP contribution in [0.3, 0.4) is 0 Å². The molecular weight excluding hydrogens is 382 g/mol. The van der Waals surface area contributed by atoms with Gasteiger partial charge in [0.05, 0.1) is 17.5 Å². The van der Waals surface area contributed by atoms with E-state index in [1.54, 1.807) is 42.5 Å². The van der Waals surface area contributed by atoms with E-state index in [4.69, 9.17) is 16.3 Å². The number of carbonyl (C=O) groups is 2. The molecule has 1 heterocycles. The van der Waals surface area contributed by atoms with Gasteiger partial charge in [0.1, 0.15) is 0 Å². The fourth-order valence-corrected chi connectivity index (χ4v) is 2.87. The number of hydrogen-bond acceptors (Lipinski definition) is 5. The van der Waals surface area contributed by atoms with Crippen LogP contribution in [-0.4, -0.2) is 28.2 Å². The zero-order valence-electron chi connectivity index (χ0n) is 15.3. The Hall–Kier alpha value is -3.19. The van der Waals surface area contributed by atoms with Gasteiger partial charge in [0.15, 0.2) is 6.10 Å². The predicted molar refractivity (Wildman–Crippen MR) is 106 cm³/mol. The van der Waals surface area contributed by atoms with Gasteiger partial charge in [-0.05, 0) is 37.6 Å². The molecule has 0 aliphatic carbocycles. The zero-order valence-corrected chi connectivity index (χ0v) is 16.0. The van der Waals surface area contributed by atoms with Crippen molar-refractivity contribution in [2.45, 2.75) is 26.4 Å². The molecular formula is C20H18ClN3O4. The summed E-state index contributed by atoms with van der Waals surface area (Å²) in [6.45, 7) is 3.31. The number of H-pyrrole nitrogens is 1. The number of nitrogens with zero attached hydrogens (tertiary/aromatic N) is 1. The maximum Gasteiger partial charge on any atom is 0.312 e. The number of amides is 1. The molecule has 8 heteroatoms. The van der Waals surface area contributed by atoms with E-state index in [2.05, 4.69) is 15.5 Å². The second-order valence-corrected chi connectivity index (χ2v) is 6.74. The highest BCUT2D eigenvalue weighted by atomic mass is 35.5. The molecule has 3 aromatic rings. The standard InChI is InChI=1S/C20H18ClN3O4/c1-11-7-8-13(21)9-16(11)22-19(26)12(2)28-18(25)10-17-14-5-3-4-6-15(14)20(27)24-23-17/h3-9,12H,10H2,1-2H3,(H,22,26)(H,24,27)/t12-/m1/s1. The highest BCUT2D eigenvalue weighted by Gasteiger charge is 2.20. The Labute approximate surface area is 165 Å². The number of hydrogen-bond donors (Lipinski definition) is 2. The molecule has 1 amide bonds. The average Bonchev–Trinajstić information content (AvgIpc) is 2.67. The number of ether oxygens (including phenoxy) is 1. The van der Waals surface area contributed by atoms with Gasteiger partial charge < -0.3 is 10.1 Å². The SMILES string of the molecule is Cc1ccc(Cl)cc1NC(=O)[C@@H](C)OC(=O)Cc1n[nH]c(=O)c2ccccc12. The number of aryl methyl sites for hydroxylation is 1. The van der Waals surface area contributed by atoms with Crippen LogP contribution in [0.15, 0.2) is 47.3 Å². The second kappa shape index (κ2) is 8.22. The first-order valence-electron chi connectivity index (χ1n) is 8.58. The fraction of sp³-hybridized carbons (Fsp3) is 0.200. The Morgan fingerprint density at radius 1 is 1.21 bits per heavy atom. The Morgan fingerprint density at radius 2 is 1.93 bits per heavy atom. The lowest BCUT2D eigenvalue weighted by atomic mass is 10.1. The van der Waals surface area contributed by atoms with Crippen molar-refractivity contribution in [3.8, 4) is 0 Å². The number of aromatic amines is 1. The van der Waals surface area contributed by atoms with Crippen molar-refractivity contribution < 1.29 is 14.3 Å². The molecule has 0 aliphatic heterocycles. The lowest BCUT2D eigenvalue weighted by Gasteiger charge is -2.15. The highest BCUT2D eigenvalue weighted by molar-refractivity contribution is 6.31. The fourth-order valence-electron chi connectivity index (χ4n) is 2.70. The van der Waals surface area contributed by atoms with E-state index in [1.807, 2.05) is 6.92 Å². The highest BCUT2D eigenvalue weighted by Crippen LogP contribution is 2.20. The minimum Gasteiger partial charge on any atom is -0.452 e. The summed E-state index contributed by atoms with van der Waals surface area (Å²) in [5, 5.41) is 10.5. The van der Waals surface area contributed by atoms with Crippen LogP contribution >= 0.6 is 11.6 Å². The summed E-state index contributed by atoms with van der Waals surface area (Å²) in [5.41, 5.74) is 1.42. The van der Waals surface area contributed by atoms with Crippen LogP contribution in [0.1, 0.15) is 18.2 Å². The molecule has 0 unspecified atom stereocenters. The zero-order chi connectivity index (χ0) is 20.3. The number of esters is 1. The number of rotatable bonds is 5. The van der Waals surface area contributed by atoms with Gasteiger partial charge in [-0.3, -0.25) is 14.4 Å². The Kier molecular flexibility index (Phi) is 5.75. The van der Waals surface area contributed by atoms with Crippen LogP contribution in [-0.2, 0) is 20.7 Å². The number of aromatic nitrogens is 2. The van der Waals surface area contributed by atoms with Gasteiger partial charge in [-0.1, -0.05) is 35.9 Å². The molecule has 0 saturated carbocycles. The molecule has 1 atom stereocenters. The van der Waals surface area contributed by atoms with E-state index in [0.717, 1.165) is 5.56 Å². The van der Waals surface area contributed by atoms with Gasteiger partial charge in [0.2, 0.25) is 0 Å². The van der Waals surface area contributed by atoms with E-state index in [0.29, 0.717) is 27.2 Å². The van der Waals surface area contributed by atoms with Gasteiger partial charge in [-0.25, -0.2) is 5.10 Å². The molecule has 0 fully saturated rings. The van der Waals surface area contributed by atoms with E-state index >= 15 is 0 Å². The molecule has 1 aromatic heterocycles. The Balaban J connectivity index is 1.68. The molecule has 2 N–H and O–H groups in total. The molecule has 144 valence electrons. The first-order valence-corrected chi connectivity index (χ1v) is 8.95. The van der Waals surface area contributed by atoms with Gasteiger partial charge in [-0.2, -0.15) is 5.10 Å². The van der Waals surface area contributed by atoms with Crippen molar-refractivity contribution in [3.05, 3.63) is 69.1 Å². The number of carbonyl (C=O) groups excluding carboxylic acids is 2. The first-order chi connectivity index (χ1) is 13.3.